The van der Waals surface area contributed by atoms with E-state index in [1.165, 1.54) is 11.0 Å². The van der Waals surface area contributed by atoms with Crippen molar-refractivity contribution >= 4 is 12.0 Å². The fourth-order valence-corrected chi connectivity index (χ4v) is 2.08. The molecule has 0 radical (unpaired) electrons. The molecular weight excluding hydrogens is 236 g/mol. The van der Waals surface area contributed by atoms with Gasteiger partial charge in [0.2, 0.25) is 0 Å². The number of aliphatic hydroxyl groups excluding tert-OH is 1. The smallest absolute Gasteiger partial charge is 0.323 e. The quantitative estimate of drug-likeness (QED) is 0.697. The highest BCUT2D eigenvalue weighted by Crippen LogP contribution is 2.20. The van der Waals surface area contributed by atoms with Crippen molar-refractivity contribution in [1.29, 1.82) is 0 Å². The molecule has 18 heavy (non-hydrogen) atoms. The maximum absolute atomic E-state index is 12.1. The molecule has 1 heterocycles. The second-order valence-corrected chi connectivity index (χ2v) is 4.58. The van der Waals surface area contributed by atoms with E-state index in [4.69, 9.17) is 5.11 Å². The van der Waals surface area contributed by atoms with Crippen LogP contribution in [0.25, 0.3) is 0 Å². The number of rotatable bonds is 5. The van der Waals surface area contributed by atoms with Crippen LogP contribution in [-0.2, 0) is 4.79 Å². The summed E-state index contributed by atoms with van der Waals surface area (Å²) in [5.41, 5.74) is 0. The lowest BCUT2D eigenvalue weighted by Gasteiger charge is -2.26. The summed E-state index contributed by atoms with van der Waals surface area (Å²) in [6, 6.07) is -0.305. The SMILES string of the molecule is C=CCN(CC(=O)O)C(=O)N1CCC(C(C)O)C1. The normalized spacial score (nSPS) is 20.6. The van der Waals surface area contributed by atoms with Gasteiger partial charge in [-0.2, -0.15) is 0 Å². The Kier molecular flexibility index (Phi) is 5.15. The van der Waals surface area contributed by atoms with Crippen molar-refractivity contribution in [3.63, 3.8) is 0 Å². The molecule has 1 aliphatic heterocycles. The van der Waals surface area contributed by atoms with E-state index in [-0.39, 0.29) is 25.0 Å². The average molecular weight is 256 g/mol. The Morgan fingerprint density at radius 2 is 2.28 bits per heavy atom. The molecule has 2 unspecified atom stereocenters. The summed E-state index contributed by atoms with van der Waals surface area (Å²) in [7, 11) is 0. The molecule has 1 fully saturated rings. The highest BCUT2D eigenvalue weighted by molar-refractivity contribution is 5.80. The minimum Gasteiger partial charge on any atom is -0.480 e. The number of urea groups is 1. The summed E-state index contributed by atoms with van der Waals surface area (Å²) < 4.78 is 0. The van der Waals surface area contributed by atoms with Gasteiger partial charge in [0.15, 0.2) is 0 Å². The Morgan fingerprint density at radius 3 is 2.72 bits per heavy atom. The van der Waals surface area contributed by atoms with Gasteiger partial charge in [-0.1, -0.05) is 6.08 Å². The van der Waals surface area contributed by atoms with Gasteiger partial charge in [-0.05, 0) is 13.3 Å². The van der Waals surface area contributed by atoms with Gasteiger partial charge in [-0.3, -0.25) is 4.79 Å². The molecule has 102 valence electrons. The molecule has 1 aliphatic rings. The van der Waals surface area contributed by atoms with Gasteiger partial charge in [-0.15, -0.1) is 6.58 Å². The van der Waals surface area contributed by atoms with Gasteiger partial charge in [0.1, 0.15) is 6.54 Å². The van der Waals surface area contributed by atoms with Gasteiger partial charge in [-0.25, -0.2) is 4.79 Å². The highest BCUT2D eigenvalue weighted by atomic mass is 16.4. The number of aliphatic carboxylic acids is 1. The second-order valence-electron chi connectivity index (χ2n) is 4.58. The van der Waals surface area contributed by atoms with E-state index in [1.54, 1.807) is 11.8 Å². The zero-order valence-electron chi connectivity index (χ0n) is 10.6. The summed E-state index contributed by atoms with van der Waals surface area (Å²) in [5, 5.41) is 18.2. The summed E-state index contributed by atoms with van der Waals surface area (Å²) in [4.78, 5) is 25.6. The summed E-state index contributed by atoms with van der Waals surface area (Å²) >= 11 is 0. The van der Waals surface area contributed by atoms with Crippen molar-refractivity contribution in [2.45, 2.75) is 19.4 Å². The number of carbonyl (C=O) groups is 2. The van der Waals surface area contributed by atoms with Crippen LogP contribution >= 0.6 is 0 Å². The van der Waals surface area contributed by atoms with Crippen LogP contribution in [0.15, 0.2) is 12.7 Å². The van der Waals surface area contributed by atoms with Crippen LogP contribution in [0.3, 0.4) is 0 Å². The Balaban J connectivity index is 2.61. The third-order valence-corrected chi connectivity index (χ3v) is 3.12. The van der Waals surface area contributed by atoms with Gasteiger partial charge < -0.3 is 20.0 Å². The molecule has 0 saturated carbocycles. The molecule has 6 heteroatoms. The molecule has 2 N–H and O–H groups in total. The number of amides is 2. The number of hydrogen-bond acceptors (Lipinski definition) is 3. The van der Waals surface area contributed by atoms with Crippen molar-refractivity contribution < 1.29 is 19.8 Å². The highest BCUT2D eigenvalue weighted by Gasteiger charge is 2.31. The topological polar surface area (TPSA) is 81.1 Å². The fourth-order valence-electron chi connectivity index (χ4n) is 2.08. The van der Waals surface area contributed by atoms with Gasteiger partial charge in [0.05, 0.1) is 6.10 Å². The first-order chi connectivity index (χ1) is 8.45. The van der Waals surface area contributed by atoms with Crippen LogP contribution in [0.2, 0.25) is 0 Å². The number of carboxylic acids is 1. The van der Waals surface area contributed by atoms with E-state index >= 15 is 0 Å². The molecule has 1 rings (SSSR count). The first-order valence-corrected chi connectivity index (χ1v) is 6.00. The van der Waals surface area contributed by atoms with Crippen LogP contribution in [0, 0.1) is 5.92 Å². The van der Waals surface area contributed by atoms with Crippen LogP contribution in [0.1, 0.15) is 13.3 Å². The third-order valence-electron chi connectivity index (χ3n) is 3.12. The molecule has 0 aliphatic carbocycles. The molecule has 0 aromatic carbocycles. The van der Waals surface area contributed by atoms with Crippen molar-refractivity contribution in [1.82, 2.24) is 9.80 Å². The van der Waals surface area contributed by atoms with Crippen molar-refractivity contribution in [3.05, 3.63) is 12.7 Å². The second kappa shape index (κ2) is 6.39. The zero-order chi connectivity index (χ0) is 13.7. The van der Waals surface area contributed by atoms with Crippen LogP contribution in [0.5, 0.6) is 0 Å². The standard InChI is InChI=1S/C12H20N2O4/c1-3-5-13(8-11(16)17)12(18)14-6-4-10(7-14)9(2)15/h3,9-10,15H,1,4-8H2,2H3,(H,16,17). The number of carboxylic acid groups (broad SMARTS) is 1. The molecule has 2 amide bonds. The van der Waals surface area contributed by atoms with E-state index in [0.717, 1.165) is 6.42 Å². The van der Waals surface area contributed by atoms with Gasteiger partial charge >= 0.3 is 12.0 Å². The number of likely N-dealkylation sites (tertiary alicyclic amines) is 1. The Bertz CT molecular complexity index is 330. The van der Waals surface area contributed by atoms with Crippen LogP contribution in [0.4, 0.5) is 4.79 Å². The minimum absolute atomic E-state index is 0.0735. The predicted molar refractivity (Wildman–Crippen MR) is 66.2 cm³/mol. The predicted octanol–water partition coefficient (Wildman–Crippen LogP) is 0.382. The molecule has 6 nitrogen and oxygen atoms in total. The van der Waals surface area contributed by atoms with Crippen LogP contribution < -0.4 is 0 Å². The molecule has 0 aromatic rings. The van der Waals surface area contributed by atoms with Gasteiger partial charge in [0.25, 0.3) is 0 Å². The first-order valence-electron chi connectivity index (χ1n) is 6.00. The monoisotopic (exact) mass is 256 g/mol. The number of hydrogen-bond donors (Lipinski definition) is 2. The first kappa shape index (κ1) is 14.5. The molecule has 1 saturated heterocycles. The summed E-state index contributed by atoms with van der Waals surface area (Å²) in [6.07, 6.45) is 1.80. The molecule has 0 aromatic heterocycles. The average Bonchev–Trinajstić information content (AvgIpc) is 2.76. The third kappa shape index (κ3) is 3.73. The molecule has 0 bridgehead atoms. The maximum Gasteiger partial charge on any atom is 0.323 e. The molecular formula is C12H20N2O4. The Hall–Kier alpha value is -1.56. The number of aliphatic hydroxyl groups is 1. The van der Waals surface area contributed by atoms with E-state index in [2.05, 4.69) is 6.58 Å². The minimum atomic E-state index is -1.04. The summed E-state index contributed by atoms with van der Waals surface area (Å²) in [5.74, 6) is -0.971. The fraction of sp³-hybridized carbons (Fsp3) is 0.667. The van der Waals surface area contributed by atoms with E-state index < -0.39 is 12.1 Å². The van der Waals surface area contributed by atoms with Gasteiger partial charge in [0, 0.05) is 25.6 Å². The Morgan fingerprint density at radius 1 is 1.61 bits per heavy atom. The molecule has 2 atom stereocenters. The molecule has 0 spiro atoms. The maximum atomic E-state index is 12.1. The van der Waals surface area contributed by atoms with E-state index in [0.29, 0.717) is 13.1 Å². The van der Waals surface area contributed by atoms with Crippen molar-refractivity contribution in [3.8, 4) is 0 Å². The van der Waals surface area contributed by atoms with E-state index in [1.807, 2.05) is 0 Å². The van der Waals surface area contributed by atoms with E-state index in [9.17, 15) is 14.7 Å². The largest absolute Gasteiger partial charge is 0.480 e. The number of carbonyl (C=O) groups excluding carboxylic acids is 1. The lowest BCUT2D eigenvalue weighted by molar-refractivity contribution is -0.137. The Labute approximate surface area is 106 Å². The summed E-state index contributed by atoms with van der Waals surface area (Å²) in [6.45, 7) is 6.13. The lowest BCUT2D eigenvalue weighted by Crippen LogP contribution is -2.44. The van der Waals surface area contributed by atoms with Crippen molar-refractivity contribution in [2.75, 3.05) is 26.2 Å². The zero-order valence-corrected chi connectivity index (χ0v) is 10.6. The lowest BCUT2D eigenvalue weighted by atomic mass is 10.0. The number of nitrogens with zero attached hydrogens (tertiary/aromatic N) is 2. The van der Waals surface area contributed by atoms with Crippen molar-refractivity contribution in [2.24, 2.45) is 5.92 Å². The van der Waals surface area contributed by atoms with Crippen LogP contribution in [-0.4, -0.2) is 64.3 Å².